The summed E-state index contributed by atoms with van der Waals surface area (Å²) in [5, 5.41) is 10.5. The van der Waals surface area contributed by atoms with E-state index in [-0.39, 0.29) is 18.8 Å². The molecule has 0 aliphatic heterocycles. The fourth-order valence-corrected chi connectivity index (χ4v) is 3.44. The molecule has 0 aliphatic rings. The normalized spacial score (nSPS) is 12.4. The van der Waals surface area contributed by atoms with E-state index in [0.717, 1.165) is 12.1 Å². The quantitative estimate of drug-likeness (QED) is 0.289. The van der Waals surface area contributed by atoms with Crippen molar-refractivity contribution in [2.45, 2.75) is 44.9 Å². The van der Waals surface area contributed by atoms with E-state index in [2.05, 4.69) is 4.74 Å². The Bertz CT molecular complexity index is 1030. The SMILES string of the molecule is CCCC(O)CN(Cc1cccc(OC(F)(F)C(F)F)c1)c1cccc(Oc2ccccc2)c1. The number of aliphatic hydroxyl groups is 1. The predicted octanol–water partition coefficient (Wildman–Crippen LogP) is 6.88. The minimum absolute atomic E-state index is 0.229. The van der Waals surface area contributed by atoms with Crippen LogP contribution in [-0.2, 0) is 6.54 Å². The van der Waals surface area contributed by atoms with E-state index >= 15 is 0 Å². The van der Waals surface area contributed by atoms with Gasteiger partial charge >= 0.3 is 12.5 Å². The number of nitrogens with zero attached hydrogens (tertiary/aromatic N) is 1. The largest absolute Gasteiger partial charge is 0.461 e. The molecule has 0 saturated carbocycles. The van der Waals surface area contributed by atoms with Gasteiger partial charge in [-0.25, -0.2) is 0 Å². The molecule has 0 amide bonds. The predicted molar refractivity (Wildman–Crippen MR) is 123 cm³/mol. The van der Waals surface area contributed by atoms with Crippen molar-refractivity contribution in [1.29, 1.82) is 0 Å². The maximum Gasteiger partial charge on any atom is 0.461 e. The van der Waals surface area contributed by atoms with E-state index in [1.54, 1.807) is 12.1 Å². The highest BCUT2D eigenvalue weighted by molar-refractivity contribution is 5.52. The first-order chi connectivity index (χ1) is 16.3. The van der Waals surface area contributed by atoms with E-state index in [4.69, 9.17) is 4.74 Å². The van der Waals surface area contributed by atoms with Gasteiger partial charge in [-0.05, 0) is 48.4 Å². The summed E-state index contributed by atoms with van der Waals surface area (Å²) in [6, 6.07) is 22.2. The van der Waals surface area contributed by atoms with Crippen molar-refractivity contribution in [1.82, 2.24) is 0 Å². The lowest BCUT2D eigenvalue weighted by atomic mass is 10.1. The molecule has 0 spiro atoms. The van der Waals surface area contributed by atoms with Crippen molar-refractivity contribution in [2.75, 3.05) is 11.4 Å². The smallest absolute Gasteiger partial charge is 0.457 e. The first kappa shape index (κ1) is 25.4. The molecule has 0 aromatic heterocycles. The van der Waals surface area contributed by atoms with Gasteiger partial charge in [-0.3, -0.25) is 0 Å². The molecule has 0 saturated heterocycles. The number of anilines is 1. The van der Waals surface area contributed by atoms with Crippen LogP contribution in [0.15, 0.2) is 78.9 Å². The monoisotopic (exact) mass is 477 g/mol. The Kier molecular flexibility index (Phi) is 8.76. The number of hydrogen-bond acceptors (Lipinski definition) is 4. The zero-order chi connectivity index (χ0) is 24.6. The highest BCUT2D eigenvalue weighted by Gasteiger charge is 2.44. The summed E-state index contributed by atoms with van der Waals surface area (Å²) in [4.78, 5) is 1.88. The molecule has 182 valence electrons. The molecule has 0 fully saturated rings. The molecule has 4 nitrogen and oxygen atoms in total. The van der Waals surface area contributed by atoms with Crippen LogP contribution in [0.5, 0.6) is 17.2 Å². The molecule has 0 radical (unpaired) electrons. The number of rotatable bonds is 12. The van der Waals surface area contributed by atoms with E-state index in [1.807, 2.05) is 60.4 Å². The maximum atomic E-state index is 13.3. The van der Waals surface area contributed by atoms with Crippen molar-refractivity contribution in [3.05, 3.63) is 84.4 Å². The van der Waals surface area contributed by atoms with E-state index in [9.17, 15) is 22.7 Å². The zero-order valence-corrected chi connectivity index (χ0v) is 18.7. The van der Waals surface area contributed by atoms with E-state index in [1.165, 1.54) is 18.2 Å². The highest BCUT2D eigenvalue weighted by Crippen LogP contribution is 2.30. The van der Waals surface area contributed by atoms with Gasteiger partial charge in [-0.2, -0.15) is 17.6 Å². The molecule has 0 heterocycles. The minimum Gasteiger partial charge on any atom is -0.457 e. The third-order valence-corrected chi connectivity index (χ3v) is 4.99. The standard InChI is InChI=1S/C26H27F4NO3/c1-2-8-21(32)18-31(17-19-9-6-14-24(15-19)34-26(29,30)25(27)28)20-10-7-13-23(16-20)33-22-11-4-3-5-12-22/h3-7,9-16,21,25,32H,2,8,17-18H2,1H3. The topological polar surface area (TPSA) is 41.9 Å². The first-order valence-electron chi connectivity index (χ1n) is 11.0. The second-order valence-electron chi connectivity index (χ2n) is 7.85. The summed E-state index contributed by atoms with van der Waals surface area (Å²) >= 11 is 0. The lowest BCUT2D eigenvalue weighted by molar-refractivity contribution is -0.253. The number of hydrogen-bond donors (Lipinski definition) is 1. The third kappa shape index (κ3) is 7.38. The van der Waals surface area contributed by atoms with E-state index in [0.29, 0.717) is 23.5 Å². The lowest BCUT2D eigenvalue weighted by Gasteiger charge is -2.28. The Labute approximate surface area is 196 Å². The number of halogens is 4. The van der Waals surface area contributed by atoms with Gasteiger partial charge in [0.1, 0.15) is 17.2 Å². The molecule has 0 bridgehead atoms. The lowest BCUT2D eigenvalue weighted by Crippen LogP contribution is -2.33. The van der Waals surface area contributed by atoms with Crippen LogP contribution in [0.4, 0.5) is 23.2 Å². The van der Waals surface area contributed by atoms with Gasteiger partial charge < -0.3 is 19.5 Å². The van der Waals surface area contributed by atoms with Crippen LogP contribution in [0.2, 0.25) is 0 Å². The summed E-state index contributed by atoms with van der Waals surface area (Å²) < 4.78 is 61.8. The number of para-hydroxylation sites is 1. The molecule has 34 heavy (non-hydrogen) atoms. The van der Waals surface area contributed by atoms with Gasteiger partial charge in [0.25, 0.3) is 0 Å². The van der Waals surface area contributed by atoms with Crippen molar-refractivity contribution in [3.8, 4) is 17.2 Å². The van der Waals surface area contributed by atoms with Crippen LogP contribution in [0.25, 0.3) is 0 Å². The van der Waals surface area contributed by atoms with Crippen LogP contribution in [0, 0.1) is 0 Å². The Morgan fingerprint density at radius 3 is 2.26 bits per heavy atom. The number of alkyl halides is 4. The van der Waals surface area contributed by atoms with Crippen LogP contribution in [0.3, 0.4) is 0 Å². The van der Waals surface area contributed by atoms with Gasteiger partial charge in [-0.1, -0.05) is 49.7 Å². The fraction of sp³-hybridized carbons (Fsp3) is 0.308. The van der Waals surface area contributed by atoms with Crippen LogP contribution in [0.1, 0.15) is 25.3 Å². The summed E-state index contributed by atoms with van der Waals surface area (Å²) in [6.07, 6.45) is -7.77. The van der Waals surface area contributed by atoms with Gasteiger partial charge in [0.05, 0.1) is 6.10 Å². The Hall–Kier alpha value is -3.26. The molecule has 3 aromatic rings. The molecule has 1 unspecified atom stereocenters. The van der Waals surface area contributed by atoms with Gasteiger partial charge in [0.2, 0.25) is 0 Å². The number of ether oxygens (including phenoxy) is 2. The zero-order valence-electron chi connectivity index (χ0n) is 18.7. The summed E-state index contributed by atoms with van der Waals surface area (Å²) in [5.41, 5.74) is 1.30. The van der Waals surface area contributed by atoms with Crippen LogP contribution >= 0.6 is 0 Å². The van der Waals surface area contributed by atoms with Gasteiger partial charge in [-0.15, -0.1) is 0 Å². The van der Waals surface area contributed by atoms with E-state index < -0.39 is 18.6 Å². The molecule has 3 rings (SSSR count). The maximum absolute atomic E-state index is 13.3. The average molecular weight is 477 g/mol. The van der Waals surface area contributed by atoms with Crippen molar-refractivity contribution in [3.63, 3.8) is 0 Å². The number of benzene rings is 3. The summed E-state index contributed by atoms with van der Waals surface area (Å²) in [6.45, 7) is 2.47. The molecule has 1 atom stereocenters. The molecule has 0 aliphatic carbocycles. The van der Waals surface area contributed by atoms with Gasteiger partial charge in [0, 0.05) is 24.8 Å². The van der Waals surface area contributed by atoms with Crippen LogP contribution < -0.4 is 14.4 Å². The third-order valence-electron chi connectivity index (χ3n) is 4.99. The van der Waals surface area contributed by atoms with Crippen LogP contribution in [-0.4, -0.2) is 30.3 Å². The fourth-order valence-electron chi connectivity index (χ4n) is 3.44. The second-order valence-corrected chi connectivity index (χ2v) is 7.85. The number of aliphatic hydroxyl groups excluding tert-OH is 1. The molecular formula is C26H27F4NO3. The highest BCUT2D eigenvalue weighted by atomic mass is 19.3. The Morgan fingerprint density at radius 2 is 1.56 bits per heavy atom. The summed E-state index contributed by atoms with van der Waals surface area (Å²) in [5.74, 6) is 0.896. The first-order valence-corrected chi connectivity index (χ1v) is 11.0. The van der Waals surface area contributed by atoms with Crippen molar-refractivity contribution in [2.24, 2.45) is 0 Å². The second kappa shape index (κ2) is 11.7. The molecule has 1 N–H and O–H groups in total. The molecule has 8 heteroatoms. The molecular weight excluding hydrogens is 450 g/mol. The molecule has 3 aromatic carbocycles. The summed E-state index contributed by atoms with van der Waals surface area (Å²) in [7, 11) is 0. The Balaban J connectivity index is 1.83. The Morgan fingerprint density at radius 1 is 0.882 bits per heavy atom. The van der Waals surface area contributed by atoms with Crippen molar-refractivity contribution < 1.29 is 32.1 Å². The van der Waals surface area contributed by atoms with Crippen molar-refractivity contribution >= 4 is 5.69 Å². The van der Waals surface area contributed by atoms with Gasteiger partial charge in [0.15, 0.2) is 0 Å². The minimum atomic E-state index is -4.58. The average Bonchev–Trinajstić information content (AvgIpc) is 2.79.